The van der Waals surface area contributed by atoms with E-state index in [9.17, 15) is 4.79 Å². The van der Waals surface area contributed by atoms with E-state index in [-0.39, 0.29) is 5.91 Å². The number of amides is 1. The van der Waals surface area contributed by atoms with Gasteiger partial charge in [0, 0.05) is 19.0 Å². The first-order valence-corrected chi connectivity index (χ1v) is 7.38. The molecular weight excluding hydrogens is 228 g/mol. The molecule has 1 fully saturated rings. The lowest BCUT2D eigenvalue weighted by molar-refractivity contribution is -0.122. The van der Waals surface area contributed by atoms with Crippen molar-refractivity contribution in [3.63, 3.8) is 0 Å². The number of hydrogen-bond acceptors (Lipinski definition) is 3. The van der Waals surface area contributed by atoms with Crippen molar-refractivity contribution in [3.05, 3.63) is 0 Å². The second-order valence-electron chi connectivity index (χ2n) is 5.00. The molecule has 0 spiro atoms. The summed E-state index contributed by atoms with van der Waals surface area (Å²) in [6.07, 6.45) is 6.69. The zero-order valence-corrected chi connectivity index (χ0v) is 11.8. The van der Waals surface area contributed by atoms with Crippen molar-refractivity contribution in [2.24, 2.45) is 0 Å². The lowest BCUT2D eigenvalue weighted by Gasteiger charge is -2.29. The SMILES string of the molecule is CCCNC1CCC(OCCC(=O)NCC)CC1. The molecule has 0 radical (unpaired) electrons. The fourth-order valence-corrected chi connectivity index (χ4v) is 2.39. The van der Waals surface area contributed by atoms with Crippen LogP contribution in [0.3, 0.4) is 0 Å². The molecule has 1 rings (SSSR count). The molecule has 0 unspecified atom stereocenters. The highest BCUT2D eigenvalue weighted by Crippen LogP contribution is 2.21. The normalized spacial score (nSPS) is 23.9. The standard InChI is InChI=1S/C14H28N2O2/c1-3-10-16-12-5-7-13(8-6-12)18-11-9-14(17)15-4-2/h12-13,16H,3-11H2,1-2H3,(H,15,17). The Morgan fingerprint density at radius 1 is 1.22 bits per heavy atom. The van der Waals surface area contributed by atoms with Gasteiger partial charge in [0.2, 0.25) is 5.91 Å². The number of carbonyl (C=O) groups is 1. The molecule has 2 N–H and O–H groups in total. The van der Waals surface area contributed by atoms with Gasteiger partial charge in [-0.1, -0.05) is 6.92 Å². The third-order valence-electron chi connectivity index (χ3n) is 3.41. The van der Waals surface area contributed by atoms with E-state index in [1.807, 2.05) is 6.92 Å². The molecule has 0 aromatic carbocycles. The van der Waals surface area contributed by atoms with Gasteiger partial charge in [0.25, 0.3) is 0 Å². The molecule has 0 saturated heterocycles. The molecule has 0 aliphatic heterocycles. The maximum Gasteiger partial charge on any atom is 0.222 e. The minimum atomic E-state index is 0.0933. The van der Waals surface area contributed by atoms with E-state index < -0.39 is 0 Å². The van der Waals surface area contributed by atoms with Crippen LogP contribution in [0.5, 0.6) is 0 Å². The Morgan fingerprint density at radius 2 is 1.94 bits per heavy atom. The number of hydrogen-bond donors (Lipinski definition) is 2. The molecule has 106 valence electrons. The largest absolute Gasteiger partial charge is 0.378 e. The second-order valence-corrected chi connectivity index (χ2v) is 5.00. The third-order valence-corrected chi connectivity index (χ3v) is 3.41. The number of ether oxygens (including phenoxy) is 1. The topological polar surface area (TPSA) is 50.4 Å². The quantitative estimate of drug-likeness (QED) is 0.697. The van der Waals surface area contributed by atoms with Crippen LogP contribution < -0.4 is 10.6 Å². The van der Waals surface area contributed by atoms with E-state index in [0.717, 1.165) is 19.4 Å². The van der Waals surface area contributed by atoms with E-state index >= 15 is 0 Å². The van der Waals surface area contributed by atoms with Gasteiger partial charge in [0.1, 0.15) is 0 Å². The van der Waals surface area contributed by atoms with Crippen LogP contribution >= 0.6 is 0 Å². The summed E-state index contributed by atoms with van der Waals surface area (Å²) in [7, 11) is 0. The lowest BCUT2D eigenvalue weighted by Crippen LogP contribution is -2.36. The number of carbonyl (C=O) groups excluding carboxylic acids is 1. The molecule has 1 aliphatic carbocycles. The summed E-state index contributed by atoms with van der Waals surface area (Å²) >= 11 is 0. The summed E-state index contributed by atoms with van der Waals surface area (Å²) in [4.78, 5) is 11.3. The van der Waals surface area contributed by atoms with Crippen LogP contribution in [-0.4, -0.2) is 37.7 Å². The van der Waals surface area contributed by atoms with Crippen molar-refractivity contribution in [2.75, 3.05) is 19.7 Å². The zero-order valence-electron chi connectivity index (χ0n) is 11.8. The van der Waals surface area contributed by atoms with Gasteiger partial charge in [0.15, 0.2) is 0 Å². The Hall–Kier alpha value is -0.610. The Bertz CT molecular complexity index is 226. The molecule has 1 saturated carbocycles. The molecule has 0 aromatic rings. The summed E-state index contributed by atoms with van der Waals surface area (Å²) < 4.78 is 5.76. The van der Waals surface area contributed by atoms with E-state index in [1.54, 1.807) is 0 Å². The maximum absolute atomic E-state index is 11.3. The minimum Gasteiger partial charge on any atom is -0.378 e. The first kappa shape index (κ1) is 15.4. The molecule has 0 atom stereocenters. The van der Waals surface area contributed by atoms with Gasteiger partial charge in [-0.3, -0.25) is 4.79 Å². The van der Waals surface area contributed by atoms with Crippen LogP contribution in [0.15, 0.2) is 0 Å². The molecular formula is C14H28N2O2. The average molecular weight is 256 g/mol. The van der Waals surface area contributed by atoms with Gasteiger partial charge in [0.05, 0.1) is 12.7 Å². The molecule has 1 amide bonds. The highest BCUT2D eigenvalue weighted by Gasteiger charge is 2.20. The monoisotopic (exact) mass is 256 g/mol. The van der Waals surface area contributed by atoms with Crippen molar-refractivity contribution in [2.45, 2.75) is 64.5 Å². The van der Waals surface area contributed by atoms with Crippen molar-refractivity contribution < 1.29 is 9.53 Å². The van der Waals surface area contributed by atoms with Crippen LogP contribution in [0.4, 0.5) is 0 Å². The van der Waals surface area contributed by atoms with E-state index in [4.69, 9.17) is 4.74 Å². The first-order valence-electron chi connectivity index (χ1n) is 7.38. The highest BCUT2D eigenvalue weighted by atomic mass is 16.5. The van der Waals surface area contributed by atoms with E-state index in [1.165, 1.54) is 19.3 Å². The molecule has 1 aliphatic rings. The summed E-state index contributed by atoms with van der Waals surface area (Å²) in [5.74, 6) is 0.0933. The van der Waals surface area contributed by atoms with E-state index in [0.29, 0.717) is 31.7 Å². The van der Waals surface area contributed by atoms with Gasteiger partial charge in [-0.05, 0) is 45.6 Å². The van der Waals surface area contributed by atoms with Gasteiger partial charge in [-0.25, -0.2) is 0 Å². The van der Waals surface area contributed by atoms with Crippen LogP contribution in [0, 0.1) is 0 Å². The summed E-state index contributed by atoms with van der Waals surface area (Å²) in [5, 5.41) is 6.35. The van der Waals surface area contributed by atoms with E-state index in [2.05, 4.69) is 17.6 Å². The Morgan fingerprint density at radius 3 is 2.56 bits per heavy atom. The fraction of sp³-hybridized carbons (Fsp3) is 0.929. The first-order chi connectivity index (χ1) is 8.76. The Labute approximate surface area is 111 Å². The minimum absolute atomic E-state index is 0.0933. The second kappa shape index (κ2) is 9.34. The zero-order chi connectivity index (χ0) is 13.2. The molecule has 0 bridgehead atoms. The smallest absolute Gasteiger partial charge is 0.222 e. The van der Waals surface area contributed by atoms with Gasteiger partial charge in [-0.15, -0.1) is 0 Å². The van der Waals surface area contributed by atoms with Crippen LogP contribution in [0.2, 0.25) is 0 Å². The fourth-order valence-electron chi connectivity index (χ4n) is 2.39. The molecule has 0 aromatic heterocycles. The highest BCUT2D eigenvalue weighted by molar-refractivity contribution is 5.75. The van der Waals surface area contributed by atoms with Gasteiger partial charge in [-0.2, -0.15) is 0 Å². The summed E-state index contributed by atoms with van der Waals surface area (Å²) in [5.41, 5.74) is 0. The number of nitrogens with one attached hydrogen (secondary N) is 2. The third kappa shape index (κ3) is 6.36. The molecule has 4 nitrogen and oxygen atoms in total. The predicted octanol–water partition coefficient (Wildman–Crippen LogP) is 1.84. The van der Waals surface area contributed by atoms with Crippen molar-refractivity contribution in [1.82, 2.24) is 10.6 Å². The van der Waals surface area contributed by atoms with Gasteiger partial charge >= 0.3 is 0 Å². The summed E-state index contributed by atoms with van der Waals surface area (Å²) in [6.45, 7) is 6.51. The molecule has 18 heavy (non-hydrogen) atoms. The van der Waals surface area contributed by atoms with Crippen molar-refractivity contribution in [1.29, 1.82) is 0 Å². The Kier molecular flexibility index (Phi) is 8.01. The maximum atomic E-state index is 11.3. The predicted molar refractivity (Wildman–Crippen MR) is 73.6 cm³/mol. The van der Waals surface area contributed by atoms with Crippen molar-refractivity contribution >= 4 is 5.91 Å². The van der Waals surface area contributed by atoms with Crippen LogP contribution in [-0.2, 0) is 9.53 Å². The van der Waals surface area contributed by atoms with Crippen LogP contribution in [0.25, 0.3) is 0 Å². The molecule has 0 heterocycles. The van der Waals surface area contributed by atoms with Gasteiger partial charge < -0.3 is 15.4 Å². The summed E-state index contributed by atoms with van der Waals surface area (Å²) in [6, 6.07) is 0.674. The Balaban J connectivity index is 2.03. The van der Waals surface area contributed by atoms with Crippen molar-refractivity contribution in [3.8, 4) is 0 Å². The molecule has 4 heteroatoms. The number of rotatable bonds is 8. The van der Waals surface area contributed by atoms with Crippen LogP contribution in [0.1, 0.15) is 52.4 Å². The lowest BCUT2D eigenvalue weighted by atomic mass is 9.93. The average Bonchev–Trinajstić information content (AvgIpc) is 2.38.